The van der Waals surface area contributed by atoms with E-state index in [-0.39, 0.29) is 5.78 Å². The number of benzene rings is 2. The normalized spacial score (nSPS) is 14.3. The van der Waals surface area contributed by atoms with Gasteiger partial charge in [-0.15, -0.1) is 0 Å². The molecule has 2 aromatic rings. The van der Waals surface area contributed by atoms with E-state index in [2.05, 4.69) is 5.32 Å². The molecule has 2 heteroatoms. The highest BCUT2D eigenvalue weighted by Crippen LogP contribution is 2.03. The lowest BCUT2D eigenvalue weighted by atomic mass is 10.1. The Labute approximate surface area is 144 Å². The van der Waals surface area contributed by atoms with Crippen molar-refractivity contribution in [1.29, 1.82) is 0 Å². The monoisotopic (exact) mass is 319 g/mol. The fraction of sp³-hybridized carbons (Fsp3) is 0.227. The van der Waals surface area contributed by atoms with Crippen LogP contribution in [0.3, 0.4) is 0 Å². The van der Waals surface area contributed by atoms with E-state index in [9.17, 15) is 4.79 Å². The Kier molecular flexibility index (Phi) is 8.31. The molecule has 0 bridgehead atoms. The fourth-order valence-corrected chi connectivity index (χ4v) is 2.34. The summed E-state index contributed by atoms with van der Waals surface area (Å²) in [5.74, 6) is -0.0114. The maximum atomic E-state index is 11.6. The van der Waals surface area contributed by atoms with E-state index in [1.54, 1.807) is 12.2 Å². The van der Waals surface area contributed by atoms with E-state index in [1.165, 1.54) is 32.4 Å². The zero-order chi connectivity index (χ0) is 16.9. The molecule has 0 unspecified atom stereocenters. The van der Waals surface area contributed by atoms with Gasteiger partial charge in [0.05, 0.1) is 0 Å². The Morgan fingerprint density at radius 3 is 1.50 bits per heavy atom. The average Bonchev–Trinajstić information content (AvgIpc) is 2.68. The van der Waals surface area contributed by atoms with E-state index in [4.69, 9.17) is 0 Å². The molecule has 1 N–H and O–H groups in total. The van der Waals surface area contributed by atoms with E-state index in [1.807, 2.05) is 72.8 Å². The maximum Gasteiger partial charge on any atom is 0.178 e. The Morgan fingerprint density at radius 2 is 1.17 bits per heavy atom. The topological polar surface area (TPSA) is 29.1 Å². The lowest BCUT2D eigenvalue weighted by Gasteiger charge is -2.08. The third kappa shape index (κ3) is 7.70. The molecule has 1 fully saturated rings. The fourth-order valence-electron chi connectivity index (χ4n) is 2.34. The number of carbonyl (C=O) groups excluding carboxylic acids is 1. The van der Waals surface area contributed by atoms with Crippen LogP contribution in [0.5, 0.6) is 0 Å². The number of nitrogens with one attached hydrogen (secondary N) is 1. The van der Waals surface area contributed by atoms with Crippen molar-refractivity contribution in [3.05, 3.63) is 83.9 Å². The first-order valence-electron chi connectivity index (χ1n) is 8.55. The van der Waals surface area contributed by atoms with Crippen molar-refractivity contribution in [3.63, 3.8) is 0 Å². The average molecular weight is 319 g/mol. The summed E-state index contributed by atoms with van der Waals surface area (Å²) in [5, 5.41) is 3.28. The highest BCUT2D eigenvalue weighted by Gasteiger charge is 1.93. The van der Waals surface area contributed by atoms with Crippen LogP contribution < -0.4 is 5.32 Å². The molecule has 0 amide bonds. The second-order valence-electron chi connectivity index (χ2n) is 5.70. The standard InChI is InChI=1S/C17H14O.C5H11N/c18-17(13-11-15-7-3-1-4-8-15)14-12-16-9-5-2-6-10-16;1-2-4-6-5-3-1/h1-14H;6H,1-5H2. The highest BCUT2D eigenvalue weighted by atomic mass is 16.1. The SMILES string of the molecule is C1CCNCC1.O=C(C=Cc1ccccc1)C=Cc1ccccc1. The Morgan fingerprint density at radius 1 is 0.708 bits per heavy atom. The molecule has 0 saturated carbocycles. The third-order valence-electron chi connectivity index (χ3n) is 3.69. The molecule has 0 radical (unpaired) electrons. The molecule has 2 nitrogen and oxygen atoms in total. The number of ketones is 1. The van der Waals surface area contributed by atoms with Crippen LogP contribution in [0.1, 0.15) is 30.4 Å². The summed E-state index contributed by atoms with van der Waals surface area (Å²) >= 11 is 0. The van der Waals surface area contributed by atoms with Gasteiger partial charge in [0, 0.05) is 0 Å². The highest BCUT2D eigenvalue weighted by molar-refractivity contribution is 6.04. The molecule has 0 aliphatic carbocycles. The molecule has 1 aliphatic rings. The van der Waals surface area contributed by atoms with E-state index in [0.29, 0.717) is 0 Å². The van der Waals surface area contributed by atoms with Gasteiger partial charge in [0.2, 0.25) is 0 Å². The Hall–Kier alpha value is -2.45. The molecule has 2 aromatic carbocycles. The van der Waals surface area contributed by atoms with Crippen molar-refractivity contribution in [3.8, 4) is 0 Å². The number of hydrogen-bond donors (Lipinski definition) is 1. The van der Waals surface area contributed by atoms with Gasteiger partial charge in [-0.05, 0) is 49.2 Å². The van der Waals surface area contributed by atoms with Gasteiger partial charge in [0.25, 0.3) is 0 Å². The summed E-state index contributed by atoms with van der Waals surface area (Å²) in [5.41, 5.74) is 2.05. The molecule has 1 saturated heterocycles. The van der Waals surface area contributed by atoms with Crippen LogP contribution in [0.4, 0.5) is 0 Å². The van der Waals surface area contributed by atoms with Gasteiger partial charge in [-0.3, -0.25) is 4.79 Å². The van der Waals surface area contributed by atoms with Crippen molar-refractivity contribution >= 4 is 17.9 Å². The van der Waals surface area contributed by atoms with Crippen LogP contribution in [0.2, 0.25) is 0 Å². The molecule has 1 heterocycles. The first kappa shape index (κ1) is 17.9. The molecule has 0 aromatic heterocycles. The lowest BCUT2D eigenvalue weighted by Crippen LogP contribution is -2.21. The van der Waals surface area contributed by atoms with Crippen LogP contribution in [-0.2, 0) is 4.79 Å². The minimum Gasteiger partial charge on any atom is -0.317 e. The maximum absolute atomic E-state index is 11.6. The summed E-state index contributed by atoms with van der Waals surface area (Å²) in [6, 6.07) is 19.6. The van der Waals surface area contributed by atoms with Crippen LogP contribution in [-0.4, -0.2) is 18.9 Å². The Balaban J connectivity index is 0.000000292. The van der Waals surface area contributed by atoms with Gasteiger partial charge >= 0.3 is 0 Å². The molecule has 0 spiro atoms. The minimum atomic E-state index is -0.0114. The number of piperidine rings is 1. The molecular formula is C22H25NO. The van der Waals surface area contributed by atoms with Crippen molar-refractivity contribution in [2.24, 2.45) is 0 Å². The van der Waals surface area contributed by atoms with Gasteiger partial charge in [-0.2, -0.15) is 0 Å². The molecule has 24 heavy (non-hydrogen) atoms. The summed E-state index contributed by atoms with van der Waals surface area (Å²) in [4.78, 5) is 11.6. The van der Waals surface area contributed by atoms with Crippen molar-refractivity contribution in [1.82, 2.24) is 5.32 Å². The van der Waals surface area contributed by atoms with Gasteiger partial charge in [-0.25, -0.2) is 0 Å². The first-order valence-corrected chi connectivity index (χ1v) is 8.55. The number of allylic oxidation sites excluding steroid dienone is 2. The quantitative estimate of drug-likeness (QED) is 0.825. The van der Waals surface area contributed by atoms with Gasteiger partial charge < -0.3 is 5.32 Å². The third-order valence-corrected chi connectivity index (χ3v) is 3.69. The van der Waals surface area contributed by atoms with Gasteiger partial charge in [0.15, 0.2) is 5.78 Å². The first-order chi connectivity index (χ1) is 11.8. The predicted molar refractivity (Wildman–Crippen MR) is 103 cm³/mol. The summed E-state index contributed by atoms with van der Waals surface area (Å²) in [6.07, 6.45) is 11.0. The molecular weight excluding hydrogens is 294 g/mol. The summed E-state index contributed by atoms with van der Waals surface area (Å²) in [6.45, 7) is 2.50. The van der Waals surface area contributed by atoms with Crippen LogP contribution in [0.25, 0.3) is 12.2 Å². The zero-order valence-corrected chi connectivity index (χ0v) is 14.0. The van der Waals surface area contributed by atoms with Crippen molar-refractivity contribution in [2.75, 3.05) is 13.1 Å². The van der Waals surface area contributed by atoms with Crippen molar-refractivity contribution < 1.29 is 4.79 Å². The van der Waals surface area contributed by atoms with Crippen LogP contribution in [0, 0.1) is 0 Å². The predicted octanol–water partition coefficient (Wildman–Crippen LogP) is 4.74. The Bertz CT molecular complexity index is 577. The number of carbonyl (C=O) groups is 1. The van der Waals surface area contributed by atoms with Crippen LogP contribution in [0.15, 0.2) is 72.8 Å². The second-order valence-corrected chi connectivity index (χ2v) is 5.70. The van der Waals surface area contributed by atoms with Gasteiger partial charge in [0.1, 0.15) is 0 Å². The molecule has 0 atom stereocenters. The van der Waals surface area contributed by atoms with E-state index >= 15 is 0 Å². The lowest BCUT2D eigenvalue weighted by molar-refractivity contribution is -0.110. The second kappa shape index (κ2) is 11.1. The molecule has 3 rings (SSSR count). The van der Waals surface area contributed by atoms with Crippen molar-refractivity contribution in [2.45, 2.75) is 19.3 Å². The molecule has 124 valence electrons. The van der Waals surface area contributed by atoms with E-state index in [0.717, 1.165) is 11.1 Å². The van der Waals surface area contributed by atoms with Crippen LogP contribution >= 0.6 is 0 Å². The smallest absolute Gasteiger partial charge is 0.178 e. The molecule has 1 aliphatic heterocycles. The van der Waals surface area contributed by atoms with E-state index < -0.39 is 0 Å². The number of rotatable bonds is 4. The minimum absolute atomic E-state index is 0.0114. The largest absolute Gasteiger partial charge is 0.317 e. The number of hydrogen-bond acceptors (Lipinski definition) is 2. The summed E-state index contributed by atoms with van der Waals surface area (Å²) in [7, 11) is 0. The zero-order valence-electron chi connectivity index (χ0n) is 14.0. The summed E-state index contributed by atoms with van der Waals surface area (Å²) < 4.78 is 0. The van der Waals surface area contributed by atoms with Gasteiger partial charge in [-0.1, -0.05) is 79.2 Å².